The lowest BCUT2D eigenvalue weighted by Gasteiger charge is -2.34. The minimum Gasteiger partial charge on any atom is -0.422 e. The Kier molecular flexibility index (Phi) is 4.42. The number of esters is 2. The molecule has 2 bridgehead atoms. The molecule has 0 unspecified atom stereocenters. The maximum Gasteiger partial charge on any atom is 0.305 e. The number of hydrogen-bond acceptors (Lipinski definition) is 9. The van der Waals surface area contributed by atoms with Crippen LogP contribution in [0.4, 0.5) is 11.4 Å². The van der Waals surface area contributed by atoms with Crippen LogP contribution in [-0.2, 0) is 33.4 Å². The predicted octanol–water partition coefficient (Wildman–Crippen LogP) is 0.860. The number of hydrogen-bond donors (Lipinski definition) is 0. The molecule has 1 aromatic carbocycles. The molecule has 0 spiro atoms. The maximum absolute atomic E-state index is 13.3. The summed E-state index contributed by atoms with van der Waals surface area (Å²) in [6.45, 7) is 2.19. The third-order valence-corrected chi connectivity index (χ3v) is 5.31. The first-order valence-electron chi connectivity index (χ1n) is 9.00. The van der Waals surface area contributed by atoms with E-state index < -0.39 is 64.2 Å². The number of nitrogens with zero attached hydrogens (tertiary/aromatic N) is 2. The average molecular weight is 416 g/mol. The Morgan fingerprint density at radius 2 is 1.80 bits per heavy atom. The van der Waals surface area contributed by atoms with Gasteiger partial charge in [0.2, 0.25) is 11.8 Å². The zero-order chi connectivity index (χ0) is 21.8. The molecular formula is C19H16N2O9. The molecule has 0 aromatic heterocycles. The number of nitro groups is 1. The molecule has 1 aromatic rings. The lowest BCUT2D eigenvalue weighted by Crippen LogP contribution is -2.52. The summed E-state index contributed by atoms with van der Waals surface area (Å²) in [5.41, 5.74) is -2.29. The van der Waals surface area contributed by atoms with Gasteiger partial charge in [-0.2, -0.15) is 0 Å². The van der Waals surface area contributed by atoms with Gasteiger partial charge in [-0.05, 0) is 12.1 Å². The molecule has 11 heteroatoms. The molecule has 0 radical (unpaired) electrons. The van der Waals surface area contributed by atoms with Crippen LogP contribution in [0.5, 0.6) is 0 Å². The molecule has 3 heterocycles. The van der Waals surface area contributed by atoms with Gasteiger partial charge >= 0.3 is 11.9 Å². The number of benzene rings is 1. The van der Waals surface area contributed by atoms with Crippen molar-refractivity contribution in [2.24, 2.45) is 11.8 Å². The fourth-order valence-corrected chi connectivity index (χ4v) is 4.26. The SMILES string of the molecule is CC(=O)OC(OC(C)=O)[C@@]12C=C[C@@H](O1)[C@H]1C(=O)N(c3ccccc3[N+](=O)[O-])C(=O)[C@@H]12. The van der Waals surface area contributed by atoms with Crippen LogP contribution in [0.2, 0.25) is 0 Å². The van der Waals surface area contributed by atoms with E-state index in [4.69, 9.17) is 14.2 Å². The minimum absolute atomic E-state index is 0.169. The molecule has 2 fully saturated rings. The second-order valence-corrected chi connectivity index (χ2v) is 7.11. The van der Waals surface area contributed by atoms with Crippen molar-refractivity contribution >= 4 is 35.1 Å². The van der Waals surface area contributed by atoms with Crippen LogP contribution in [-0.4, -0.2) is 46.7 Å². The highest BCUT2D eigenvalue weighted by molar-refractivity contribution is 6.24. The van der Waals surface area contributed by atoms with Crippen LogP contribution in [0.1, 0.15) is 13.8 Å². The molecule has 156 valence electrons. The van der Waals surface area contributed by atoms with Crippen molar-refractivity contribution in [2.45, 2.75) is 31.8 Å². The number of imide groups is 1. The van der Waals surface area contributed by atoms with Crippen LogP contribution >= 0.6 is 0 Å². The van der Waals surface area contributed by atoms with Crippen LogP contribution < -0.4 is 4.90 Å². The third-order valence-electron chi connectivity index (χ3n) is 5.31. The molecule has 0 N–H and O–H groups in total. The standard InChI is InChI=1S/C19H16N2O9/c1-9(22)28-18(29-10(2)23)19-8-7-13(30-19)14-15(19)17(25)20(16(14)24)11-5-3-4-6-12(11)21(26)27/h3-8,13-15,18H,1-2H3/t13-,14-,15-,19+/m1/s1. The predicted molar refractivity (Wildman–Crippen MR) is 96.6 cm³/mol. The van der Waals surface area contributed by atoms with E-state index >= 15 is 0 Å². The molecule has 3 aliphatic heterocycles. The van der Waals surface area contributed by atoms with Gasteiger partial charge in [0.1, 0.15) is 5.69 Å². The maximum atomic E-state index is 13.3. The third kappa shape index (κ3) is 2.70. The van der Waals surface area contributed by atoms with Crippen LogP contribution in [0.15, 0.2) is 36.4 Å². The number of rotatable bonds is 5. The van der Waals surface area contributed by atoms with E-state index in [1.165, 1.54) is 36.4 Å². The van der Waals surface area contributed by atoms with E-state index in [2.05, 4.69) is 0 Å². The van der Waals surface area contributed by atoms with Gasteiger partial charge in [0.05, 0.1) is 22.9 Å². The molecule has 2 amide bonds. The molecule has 4 rings (SSSR count). The highest BCUT2D eigenvalue weighted by atomic mass is 16.7. The summed E-state index contributed by atoms with van der Waals surface area (Å²) in [6, 6.07) is 5.37. The van der Waals surface area contributed by atoms with Crippen LogP contribution in [0, 0.1) is 22.0 Å². The Bertz CT molecular complexity index is 1000. The average Bonchev–Trinajstić information content (AvgIpc) is 3.31. The molecule has 30 heavy (non-hydrogen) atoms. The smallest absolute Gasteiger partial charge is 0.305 e. The Morgan fingerprint density at radius 1 is 1.17 bits per heavy atom. The van der Waals surface area contributed by atoms with Crippen molar-refractivity contribution in [1.82, 2.24) is 0 Å². The van der Waals surface area contributed by atoms with Gasteiger partial charge in [-0.1, -0.05) is 18.2 Å². The van der Waals surface area contributed by atoms with Gasteiger partial charge < -0.3 is 14.2 Å². The molecule has 0 aliphatic carbocycles. The first kappa shape index (κ1) is 19.7. The zero-order valence-electron chi connectivity index (χ0n) is 15.8. The highest BCUT2D eigenvalue weighted by Gasteiger charge is 2.72. The van der Waals surface area contributed by atoms with Gasteiger partial charge in [0.15, 0.2) is 5.60 Å². The van der Waals surface area contributed by atoms with Gasteiger partial charge in [-0.3, -0.25) is 29.3 Å². The van der Waals surface area contributed by atoms with Crippen molar-refractivity contribution in [3.05, 3.63) is 46.5 Å². The molecule has 11 nitrogen and oxygen atoms in total. The first-order valence-corrected chi connectivity index (χ1v) is 9.00. The summed E-state index contributed by atoms with van der Waals surface area (Å²) < 4.78 is 16.1. The second kappa shape index (κ2) is 6.73. The number of ether oxygens (including phenoxy) is 3. The second-order valence-electron chi connectivity index (χ2n) is 7.11. The summed E-state index contributed by atoms with van der Waals surface area (Å²) in [6.07, 6.45) is 0.512. The first-order chi connectivity index (χ1) is 14.2. The number of anilines is 1. The van der Waals surface area contributed by atoms with Gasteiger partial charge in [0.25, 0.3) is 12.0 Å². The quantitative estimate of drug-likeness (QED) is 0.170. The van der Waals surface area contributed by atoms with Crippen molar-refractivity contribution in [2.75, 3.05) is 4.90 Å². The Labute approximate surface area is 169 Å². The number of para-hydroxylation sites is 2. The van der Waals surface area contributed by atoms with Gasteiger partial charge in [0, 0.05) is 19.9 Å². The lowest BCUT2D eigenvalue weighted by molar-refractivity contribution is -0.384. The highest BCUT2D eigenvalue weighted by Crippen LogP contribution is 2.55. The monoisotopic (exact) mass is 416 g/mol. The number of fused-ring (bicyclic) bond motifs is 5. The number of carbonyl (C=O) groups is 4. The van der Waals surface area contributed by atoms with Crippen LogP contribution in [0.25, 0.3) is 0 Å². The number of amides is 2. The van der Waals surface area contributed by atoms with E-state index in [9.17, 15) is 29.3 Å². The summed E-state index contributed by atoms with van der Waals surface area (Å²) in [5, 5.41) is 11.4. The summed E-state index contributed by atoms with van der Waals surface area (Å²) >= 11 is 0. The number of carbonyl (C=O) groups excluding carboxylic acids is 4. The molecule has 3 aliphatic rings. The Morgan fingerprint density at radius 3 is 2.40 bits per heavy atom. The zero-order valence-corrected chi connectivity index (χ0v) is 15.8. The van der Waals surface area contributed by atoms with Gasteiger partial charge in [-0.25, -0.2) is 4.90 Å². The van der Waals surface area contributed by atoms with E-state index in [-0.39, 0.29) is 5.69 Å². The summed E-state index contributed by atoms with van der Waals surface area (Å²) in [7, 11) is 0. The van der Waals surface area contributed by atoms with E-state index in [0.717, 1.165) is 18.7 Å². The summed E-state index contributed by atoms with van der Waals surface area (Å²) in [4.78, 5) is 61.1. The van der Waals surface area contributed by atoms with E-state index in [0.29, 0.717) is 0 Å². The Hall–Kier alpha value is -3.60. The molecular weight excluding hydrogens is 400 g/mol. The van der Waals surface area contributed by atoms with E-state index in [1.54, 1.807) is 0 Å². The largest absolute Gasteiger partial charge is 0.422 e. The molecule has 0 saturated carbocycles. The van der Waals surface area contributed by atoms with Gasteiger partial charge in [-0.15, -0.1) is 0 Å². The normalized spacial score (nSPS) is 28.8. The fraction of sp³-hybridized carbons (Fsp3) is 0.368. The van der Waals surface area contributed by atoms with E-state index in [1.807, 2.05) is 0 Å². The van der Waals surface area contributed by atoms with Crippen molar-refractivity contribution < 1.29 is 38.3 Å². The van der Waals surface area contributed by atoms with Crippen molar-refractivity contribution in [3.63, 3.8) is 0 Å². The lowest BCUT2D eigenvalue weighted by atomic mass is 9.76. The van der Waals surface area contributed by atoms with Crippen LogP contribution in [0.3, 0.4) is 0 Å². The summed E-state index contributed by atoms with van der Waals surface area (Å²) in [5.74, 6) is -5.21. The van der Waals surface area contributed by atoms with Crippen molar-refractivity contribution in [3.8, 4) is 0 Å². The topological polar surface area (TPSA) is 142 Å². The molecule has 4 atom stereocenters. The van der Waals surface area contributed by atoms with Crippen molar-refractivity contribution in [1.29, 1.82) is 0 Å². The molecule has 2 saturated heterocycles. The minimum atomic E-state index is -1.71. The number of nitro benzene ring substituents is 1. The Balaban J connectivity index is 1.78. The fourth-order valence-electron chi connectivity index (χ4n) is 4.26.